The fourth-order valence-electron chi connectivity index (χ4n) is 1.73. The topological polar surface area (TPSA) is 55.8 Å². The van der Waals surface area contributed by atoms with Crippen molar-refractivity contribution in [2.24, 2.45) is 0 Å². The standard InChI is InChI=1S/C15H12F2O4/c1-20-12-7-3-5-10(14(12)18)15(19)21-8-9-4-2-6-11(16)13(9)17/h2-7,18H,8H2,1H3. The molecule has 0 amide bonds. The van der Waals surface area contributed by atoms with Gasteiger partial charge in [0.2, 0.25) is 0 Å². The molecule has 1 N–H and O–H groups in total. The van der Waals surface area contributed by atoms with E-state index < -0.39 is 24.2 Å². The van der Waals surface area contributed by atoms with Gasteiger partial charge in [0.25, 0.3) is 0 Å². The molecule has 0 aromatic heterocycles. The maximum absolute atomic E-state index is 13.4. The number of phenols is 1. The minimum Gasteiger partial charge on any atom is -0.504 e. The molecule has 0 fully saturated rings. The number of methoxy groups -OCH3 is 1. The summed E-state index contributed by atoms with van der Waals surface area (Å²) in [6, 6.07) is 7.88. The number of carbonyl (C=O) groups is 1. The van der Waals surface area contributed by atoms with Crippen LogP contribution < -0.4 is 4.74 Å². The van der Waals surface area contributed by atoms with E-state index in [1.165, 1.54) is 37.4 Å². The molecule has 0 heterocycles. The number of esters is 1. The van der Waals surface area contributed by atoms with E-state index in [9.17, 15) is 18.7 Å². The van der Waals surface area contributed by atoms with Crippen molar-refractivity contribution in [1.29, 1.82) is 0 Å². The van der Waals surface area contributed by atoms with Crippen LogP contribution in [0.5, 0.6) is 11.5 Å². The largest absolute Gasteiger partial charge is 0.504 e. The molecule has 2 aromatic carbocycles. The van der Waals surface area contributed by atoms with Crippen LogP contribution in [0.4, 0.5) is 8.78 Å². The highest BCUT2D eigenvalue weighted by molar-refractivity contribution is 5.93. The van der Waals surface area contributed by atoms with Crippen LogP contribution in [-0.2, 0) is 11.3 Å². The SMILES string of the molecule is COc1cccc(C(=O)OCc2cccc(F)c2F)c1O. The fraction of sp³-hybridized carbons (Fsp3) is 0.133. The third kappa shape index (κ3) is 3.10. The number of hydrogen-bond donors (Lipinski definition) is 1. The Balaban J connectivity index is 2.14. The number of hydrogen-bond acceptors (Lipinski definition) is 4. The molecule has 4 nitrogen and oxygen atoms in total. The maximum Gasteiger partial charge on any atom is 0.342 e. The van der Waals surface area contributed by atoms with Crippen LogP contribution in [0.3, 0.4) is 0 Å². The third-order valence-corrected chi connectivity index (χ3v) is 2.83. The van der Waals surface area contributed by atoms with E-state index in [1.54, 1.807) is 0 Å². The molecule has 0 saturated heterocycles. The number of carbonyl (C=O) groups excluding carboxylic acids is 1. The predicted octanol–water partition coefficient (Wildman–Crippen LogP) is 3.04. The molecule has 6 heteroatoms. The highest BCUT2D eigenvalue weighted by Gasteiger charge is 2.17. The van der Waals surface area contributed by atoms with E-state index in [0.29, 0.717) is 0 Å². The van der Waals surface area contributed by atoms with Gasteiger partial charge in [-0.05, 0) is 18.2 Å². The number of aromatic hydroxyl groups is 1. The van der Waals surface area contributed by atoms with Crippen molar-refractivity contribution in [2.45, 2.75) is 6.61 Å². The molecule has 0 spiro atoms. The first-order chi connectivity index (χ1) is 10.0. The first-order valence-electron chi connectivity index (χ1n) is 6.00. The highest BCUT2D eigenvalue weighted by atomic mass is 19.2. The molecule has 2 aromatic rings. The zero-order valence-corrected chi connectivity index (χ0v) is 11.1. The lowest BCUT2D eigenvalue weighted by atomic mass is 10.2. The zero-order chi connectivity index (χ0) is 15.4. The van der Waals surface area contributed by atoms with Crippen LogP contribution in [-0.4, -0.2) is 18.2 Å². The number of phenolic OH excluding ortho intramolecular Hbond substituents is 1. The van der Waals surface area contributed by atoms with E-state index in [4.69, 9.17) is 9.47 Å². The molecule has 21 heavy (non-hydrogen) atoms. The number of rotatable bonds is 4. The summed E-state index contributed by atoms with van der Waals surface area (Å²) < 4.78 is 36.2. The van der Waals surface area contributed by atoms with Gasteiger partial charge in [-0.3, -0.25) is 0 Å². The molecule has 110 valence electrons. The Bertz CT molecular complexity index is 671. The lowest BCUT2D eigenvalue weighted by Gasteiger charge is -2.09. The number of halogens is 2. The lowest BCUT2D eigenvalue weighted by molar-refractivity contribution is 0.0464. The van der Waals surface area contributed by atoms with Gasteiger partial charge in [-0.2, -0.15) is 0 Å². The van der Waals surface area contributed by atoms with Crippen molar-refractivity contribution in [3.05, 3.63) is 59.2 Å². The van der Waals surface area contributed by atoms with E-state index in [2.05, 4.69) is 0 Å². The quantitative estimate of drug-likeness (QED) is 0.881. The summed E-state index contributed by atoms with van der Waals surface area (Å²) in [5, 5.41) is 9.80. The van der Waals surface area contributed by atoms with Crippen molar-refractivity contribution < 1.29 is 28.2 Å². The second-order valence-electron chi connectivity index (χ2n) is 4.15. The van der Waals surface area contributed by atoms with Crippen molar-refractivity contribution in [2.75, 3.05) is 7.11 Å². The molecule has 0 radical (unpaired) electrons. The van der Waals surface area contributed by atoms with Gasteiger partial charge in [-0.25, -0.2) is 13.6 Å². The Morgan fingerprint density at radius 1 is 1.19 bits per heavy atom. The minimum atomic E-state index is -1.07. The van der Waals surface area contributed by atoms with Crippen LogP contribution in [0.1, 0.15) is 15.9 Å². The van der Waals surface area contributed by atoms with Gasteiger partial charge in [-0.1, -0.05) is 18.2 Å². The number of para-hydroxylation sites is 1. The average Bonchev–Trinajstić information content (AvgIpc) is 2.48. The Kier molecular flexibility index (Phi) is 4.37. The van der Waals surface area contributed by atoms with Gasteiger partial charge in [-0.15, -0.1) is 0 Å². The monoisotopic (exact) mass is 294 g/mol. The average molecular weight is 294 g/mol. The number of ether oxygens (including phenoxy) is 2. The lowest BCUT2D eigenvalue weighted by Crippen LogP contribution is -2.07. The van der Waals surface area contributed by atoms with Crippen LogP contribution in [0, 0.1) is 11.6 Å². The van der Waals surface area contributed by atoms with Gasteiger partial charge in [0, 0.05) is 5.56 Å². The number of benzene rings is 2. The molecule has 2 rings (SSSR count). The van der Waals surface area contributed by atoms with Crippen LogP contribution in [0.25, 0.3) is 0 Å². The molecule has 0 atom stereocenters. The zero-order valence-electron chi connectivity index (χ0n) is 11.1. The summed E-state index contributed by atoms with van der Waals surface area (Å²) in [7, 11) is 1.34. The van der Waals surface area contributed by atoms with Gasteiger partial charge in [0.1, 0.15) is 12.2 Å². The smallest absolute Gasteiger partial charge is 0.342 e. The van der Waals surface area contributed by atoms with Crippen LogP contribution >= 0.6 is 0 Å². The second-order valence-corrected chi connectivity index (χ2v) is 4.15. The van der Waals surface area contributed by atoms with Crippen molar-refractivity contribution in [3.63, 3.8) is 0 Å². The molecule has 0 aliphatic heterocycles. The van der Waals surface area contributed by atoms with E-state index >= 15 is 0 Å². The van der Waals surface area contributed by atoms with Crippen LogP contribution in [0.2, 0.25) is 0 Å². The van der Waals surface area contributed by atoms with E-state index in [-0.39, 0.29) is 22.6 Å². The first-order valence-corrected chi connectivity index (χ1v) is 6.00. The second kappa shape index (κ2) is 6.21. The molecule has 0 aliphatic rings. The Morgan fingerprint density at radius 2 is 1.90 bits per heavy atom. The summed E-state index contributed by atoms with van der Waals surface area (Å²) in [5.41, 5.74) is -0.211. The summed E-state index contributed by atoms with van der Waals surface area (Å²) >= 11 is 0. The Morgan fingerprint density at radius 3 is 2.62 bits per heavy atom. The summed E-state index contributed by atoms with van der Waals surface area (Å²) in [6.07, 6.45) is 0. The molecule has 0 saturated carbocycles. The van der Waals surface area contributed by atoms with E-state index in [1.807, 2.05) is 0 Å². The van der Waals surface area contributed by atoms with Gasteiger partial charge in [0.05, 0.1) is 7.11 Å². The van der Waals surface area contributed by atoms with Crippen LogP contribution in [0.15, 0.2) is 36.4 Å². The molecular formula is C15H12F2O4. The molecule has 0 bridgehead atoms. The van der Waals surface area contributed by atoms with Crippen molar-refractivity contribution in [3.8, 4) is 11.5 Å². The van der Waals surface area contributed by atoms with Gasteiger partial charge in [0.15, 0.2) is 23.1 Å². The summed E-state index contributed by atoms with van der Waals surface area (Å²) in [4.78, 5) is 11.8. The maximum atomic E-state index is 13.4. The summed E-state index contributed by atoms with van der Waals surface area (Å²) in [5.74, 6) is -3.21. The molecule has 0 unspecified atom stereocenters. The first kappa shape index (κ1) is 14.8. The van der Waals surface area contributed by atoms with Crippen molar-refractivity contribution >= 4 is 5.97 Å². The Labute approximate surface area is 119 Å². The normalized spacial score (nSPS) is 10.2. The van der Waals surface area contributed by atoms with E-state index in [0.717, 1.165) is 6.07 Å². The minimum absolute atomic E-state index is 0.0919. The highest BCUT2D eigenvalue weighted by Crippen LogP contribution is 2.30. The van der Waals surface area contributed by atoms with Crippen molar-refractivity contribution in [1.82, 2.24) is 0 Å². The predicted molar refractivity (Wildman–Crippen MR) is 70.1 cm³/mol. The van der Waals surface area contributed by atoms with Gasteiger partial charge < -0.3 is 14.6 Å². The van der Waals surface area contributed by atoms with Gasteiger partial charge >= 0.3 is 5.97 Å². The third-order valence-electron chi connectivity index (χ3n) is 2.83. The fourth-order valence-corrected chi connectivity index (χ4v) is 1.73. The summed E-state index contributed by atoms with van der Waals surface area (Å²) in [6.45, 7) is -0.445. The Hall–Kier alpha value is -2.63. The molecular weight excluding hydrogens is 282 g/mol. The molecule has 0 aliphatic carbocycles.